The number of rotatable bonds is 3. The van der Waals surface area contributed by atoms with Gasteiger partial charge in [-0.05, 0) is 19.8 Å². The fraction of sp³-hybridized carbons (Fsp3) is 0.625. The van der Waals surface area contributed by atoms with Crippen molar-refractivity contribution in [2.45, 2.75) is 33.2 Å². The van der Waals surface area contributed by atoms with Crippen LogP contribution in [0.5, 0.6) is 0 Å². The molecule has 0 bridgehead atoms. The maximum atomic E-state index is 5.53. The van der Waals surface area contributed by atoms with Gasteiger partial charge in [0.2, 0.25) is 0 Å². The quantitative estimate of drug-likeness (QED) is 0.752. The van der Waals surface area contributed by atoms with Crippen LogP contribution in [0.3, 0.4) is 0 Å². The molecule has 1 aromatic rings. The van der Waals surface area contributed by atoms with Gasteiger partial charge in [-0.25, -0.2) is 4.98 Å². The topological polar surface area (TPSA) is 38.9 Å². The summed E-state index contributed by atoms with van der Waals surface area (Å²) in [6.45, 7) is 4.82. The third-order valence-corrected chi connectivity index (χ3v) is 2.83. The molecular formula is C8H14N2S. The lowest BCUT2D eigenvalue weighted by atomic mass is 10.3. The largest absolute Gasteiger partial charge is 0.326 e. The van der Waals surface area contributed by atoms with E-state index in [-0.39, 0.29) is 0 Å². The van der Waals surface area contributed by atoms with Crippen molar-refractivity contribution < 1.29 is 0 Å². The summed E-state index contributed by atoms with van der Waals surface area (Å²) in [4.78, 5) is 5.64. The van der Waals surface area contributed by atoms with Crippen molar-refractivity contribution in [1.82, 2.24) is 4.98 Å². The summed E-state index contributed by atoms with van der Waals surface area (Å²) >= 11 is 1.75. The third kappa shape index (κ3) is 2.01. The molecule has 1 aromatic heterocycles. The Morgan fingerprint density at radius 1 is 1.55 bits per heavy atom. The van der Waals surface area contributed by atoms with E-state index in [1.165, 1.54) is 9.88 Å². The Hall–Kier alpha value is -0.410. The molecular weight excluding hydrogens is 156 g/mol. The van der Waals surface area contributed by atoms with Gasteiger partial charge in [0.05, 0.1) is 10.7 Å². The molecule has 0 amide bonds. The van der Waals surface area contributed by atoms with E-state index in [9.17, 15) is 0 Å². The first-order valence-electron chi connectivity index (χ1n) is 3.93. The van der Waals surface area contributed by atoms with Crippen molar-refractivity contribution in [3.05, 3.63) is 15.6 Å². The number of hydrogen-bond acceptors (Lipinski definition) is 3. The average molecular weight is 170 g/mol. The summed E-state index contributed by atoms with van der Waals surface area (Å²) in [6, 6.07) is 0. The van der Waals surface area contributed by atoms with E-state index in [4.69, 9.17) is 5.73 Å². The van der Waals surface area contributed by atoms with Crippen LogP contribution < -0.4 is 5.73 Å². The molecule has 0 saturated carbocycles. The first-order valence-corrected chi connectivity index (χ1v) is 4.74. The Bertz CT molecular complexity index is 230. The van der Waals surface area contributed by atoms with E-state index in [2.05, 4.69) is 11.9 Å². The first-order chi connectivity index (χ1) is 5.27. The van der Waals surface area contributed by atoms with Gasteiger partial charge in [0.1, 0.15) is 0 Å². The number of aromatic nitrogens is 1. The highest BCUT2D eigenvalue weighted by Gasteiger charge is 2.03. The van der Waals surface area contributed by atoms with Gasteiger partial charge in [0.15, 0.2) is 0 Å². The Balaban J connectivity index is 2.77. The van der Waals surface area contributed by atoms with E-state index in [0.29, 0.717) is 6.54 Å². The average Bonchev–Trinajstić information content (AvgIpc) is 2.32. The molecule has 2 nitrogen and oxygen atoms in total. The second-order valence-corrected chi connectivity index (χ2v) is 3.74. The highest BCUT2D eigenvalue weighted by molar-refractivity contribution is 7.11. The van der Waals surface area contributed by atoms with Crippen LogP contribution in [-0.4, -0.2) is 4.98 Å². The molecule has 62 valence electrons. The first kappa shape index (κ1) is 8.68. The summed E-state index contributed by atoms with van der Waals surface area (Å²) in [5.74, 6) is 0. The van der Waals surface area contributed by atoms with Gasteiger partial charge < -0.3 is 5.73 Å². The summed E-state index contributed by atoms with van der Waals surface area (Å²) in [6.07, 6.45) is 2.25. The van der Waals surface area contributed by atoms with Crippen molar-refractivity contribution in [2.75, 3.05) is 0 Å². The fourth-order valence-electron chi connectivity index (χ4n) is 0.998. The van der Waals surface area contributed by atoms with Crippen molar-refractivity contribution in [3.8, 4) is 0 Å². The highest BCUT2D eigenvalue weighted by atomic mass is 32.1. The Kier molecular flexibility index (Phi) is 3.02. The Labute approximate surface area is 71.5 Å². The molecule has 0 aliphatic carbocycles. The van der Waals surface area contributed by atoms with E-state index in [0.717, 1.165) is 18.5 Å². The van der Waals surface area contributed by atoms with Gasteiger partial charge in [-0.1, -0.05) is 6.92 Å². The van der Waals surface area contributed by atoms with E-state index < -0.39 is 0 Å². The number of hydrogen-bond donors (Lipinski definition) is 1. The molecule has 0 radical (unpaired) electrons. The van der Waals surface area contributed by atoms with Gasteiger partial charge in [-0.15, -0.1) is 11.3 Å². The highest BCUT2D eigenvalue weighted by Crippen LogP contribution is 2.18. The maximum absolute atomic E-state index is 5.53. The molecule has 0 unspecified atom stereocenters. The van der Waals surface area contributed by atoms with Crippen LogP contribution in [0.15, 0.2) is 0 Å². The van der Waals surface area contributed by atoms with Gasteiger partial charge >= 0.3 is 0 Å². The molecule has 0 aliphatic rings. The summed E-state index contributed by atoms with van der Waals surface area (Å²) in [7, 11) is 0. The van der Waals surface area contributed by atoms with Crippen LogP contribution in [0.4, 0.5) is 0 Å². The van der Waals surface area contributed by atoms with Crippen LogP contribution in [0.1, 0.15) is 28.9 Å². The zero-order valence-corrected chi connectivity index (χ0v) is 7.87. The van der Waals surface area contributed by atoms with Crippen molar-refractivity contribution in [3.63, 3.8) is 0 Å². The summed E-state index contributed by atoms with van der Waals surface area (Å²) < 4.78 is 0. The number of aryl methyl sites for hydroxylation is 2. The van der Waals surface area contributed by atoms with Gasteiger partial charge in [-0.2, -0.15) is 0 Å². The minimum absolute atomic E-state index is 0.632. The van der Waals surface area contributed by atoms with Gasteiger partial charge in [0, 0.05) is 11.4 Å². The second-order valence-electron chi connectivity index (χ2n) is 2.57. The van der Waals surface area contributed by atoms with Crippen LogP contribution in [0.2, 0.25) is 0 Å². The Morgan fingerprint density at radius 3 is 2.73 bits per heavy atom. The second kappa shape index (κ2) is 3.83. The third-order valence-electron chi connectivity index (χ3n) is 1.59. The molecule has 0 spiro atoms. The van der Waals surface area contributed by atoms with Crippen molar-refractivity contribution in [2.24, 2.45) is 5.73 Å². The van der Waals surface area contributed by atoms with E-state index in [1.807, 2.05) is 6.92 Å². The molecule has 0 fully saturated rings. The standard InChI is InChI=1S/C8H14N2S/c1-3-4-8-10-6(2)7(5-9)11-8/h3-5,9H2,1-2H3. The molecule has 0 atom stereocenters. The molecule has 1 rings (SSSR count). The lowest BCUT2D eigenvalue weighted by Crippen LogP contribution is -1.94. The predicted octanol–water partition coefficient (Wildman–Crippen LogP) is 1.86. The number of nitrogens with zero attached hydrogens (tertiary/aromatic N) is 1. The van der Waals surface area contributed by atoms with E-state index in [1.54, 1.807) is 11.3 Å². The molecule has 1 heterocycles. The molecule has 0 saturated heterocycles. The molecule has 11 heavy (non-hydrogen) atoms. The maximum Gasteiger partial charge on any atom is 0.0931 e. The van der Waals surface area contributed by atoms with Crippen molar-refractivity contribution >= 4 is 11.3 Å². The SMILES string of the molecule is CCCc1nc(C)c(CN)s1. The van der Waals surface area contributed by atoms with Crippen LogP contribution in [0, 0.1) is 6.92 Å². The zero-order valence-electron chi connectivity index (χ0n) is 7.05. The molecule has 3 heteroatoms. The number of nitrogens with two attached hydrogens (primary N) is 1. The van der Waals surface area contributed by atoms with Gasteiger partial charge in [0.25, 0.3) is 0 Å². The lowest BCUT2D eigenvalue weighted by Gasteiger charge is -1.86. The molecule has 0 aromatic carbocycles. The smallest absolute Gasteiger partial charge is 0.0931 e. The molecule has 0 aliphatic heterocycles. The zero-order chi connectivity index (χ0) is 8.27. The normalized spacial score (nSPS) is 10.5. The Morgan fingerprint density at radius 2 is 2.27 bits per heavy atom. The minimum atomic E-state index is 0.632. The lowest BCUT2D eigenvalue weighted by molar-refractivity contribution is 0.901. The summed E-state index contributed by atoms with van der Waals surface area (Å²) in [5.41, 5.74) is 6.64. The predicted molar refractivity (Wildman–Crippen MR) is 48.7 cm³/mol. The summed E-state index contributed by atoms with van der Waals surface area (Å²) in [5, 5.41) is 1.23. The van der Waals surface area contributed by atoms with Crippen LogP contribution in [-0.2, 0) is 13.0 Å². The van der Waals surface area contributed by atoms with Crippen LogP contribution >= 0.6 is 11.3 Å². The van der Waals surface area contributed by atoms with Crippen LogP contribution in [0.25, 0.3) is 0 Å². The monoisotopic (exact) mass is 170 g/mol. The van der Waals surface area contributed by atoms with Gasteiger partial charge in [-0.3, -0.25) is 0 Å². The number of thiazole rings is 1. The van der Waals surface area contributed by atoms with Crippen molar-refractivity contribution in [1.29, 1.82) is 0 Å². The fourth-order valence-corrected chi connectivity index (χ4v) is 2.05. The molecule has 2 N–H and O–H groups in total. The van der Waals surface area contributed by atoms with E-state index >= 15 is 0 Å². The minimum Gasteiger partial charge on any atom is -0.326 e.